The molecule has 0 atom stereocenters. The van der Waals surface area contributed by atoms with Gasteiger partial charge in [-0.3, -0.25) is 0 Å². The number of rotatable bonds is 6. The van der Waals surface area contributed by atoms with E-state index in [4.69, 9.17) is 5.73 Å². The summed E-state index contributed by atoms with van der Waals surface area (Å²) in [6.45, 7) is 4.36. The molecule has 1 nitrogen and oxygen atoms in total. The lowest BCUT2D eigenvalue weighted by Gasteiger charge is -2.12. The Labute approximate surface area is 122 Å². The molecule has 0 unspecified atom stereocenters. The van der Waals surface area contributed by atoms with Crippen molar-refractivity contribution in [1.82, 2.24) is 0 Å². The van der Waals surface area contributed by atoms with Gasteiger partial charge in [0.05, 0.1) is 0 Å². The van der Waals surface area contributed by atoms with Crippen molar-refractivity contribution in [2.75, 3.05) is 0 Å². The number of aryl methyl sites for hydroxylation is 2. The smallest absolute Gasteiger partial charge is 0.0120 e. The maximum atomic E-state index is 6.28. The molecule has 0 aliphatic carbocycles. The van der Waals surface area contributed by atoms with E-state index in [1.54, 1.807) is 0 Å². The fraction of sp³-hybridized carbons (Fsp3) is 0.368. The van der Waals surface area contributed by atoms with E-state index in [0.717, 1.165) is 25.7 Å². The van der Waals surface area contributed by atoms with Gasteiger partial charge in [0, 0.05) is 6.04 Å². The Hall–Kier alpha value is -1.60. The van der Waals surface area contributed by atoms with E-state index >= 15 is 0 Å². The monoisotopic (exact) mass is 267 g/mol. The highest BCUT2D eigenvalue weighted by Gasteiger charge is 2.06. The number of benzene rings is 2. The zero-order valence-electron chi connectivity index (χ0n) is 12.6. The number of nitrogens with two attached hydrogens (primary N) is 1. The van der Waals surface area contributed by atoms with Gasteiger partial charge in [-0.2, -0.15) is 0 Å². The summed E-state index contributed by atoms with van der Waals surface area (Å²) in [5, 5.41) is 0. The van der Waals surface area contributed by atoms with Crippen molar-refractivity contribution in [2.24, 2.45) is 5.73 Å². The van der Waals surface area contributed by atoms with Crippen LogP contribution >= 0.6 is 0 Å². The molecule has 1 heteroatoms. The van der Waals surface area contributed by atoms with Crippen LogP contribution in [0.3, 0.4) is 0 Å². The van der Waals surface area contributed by atoms with Gasteiger partial charge in [-0.05, 0) is 47.9 Å². The topological polar surface area (TPSA) is 26.0 Å². The van der Waals surface area contributed by atoms with Gasteiger partial charge in [-0.1, -0.05) is 62.4 Å². The van der Waals surface area contributed by atoms with E-state index in [2.05, 4.69) is 62.4 Å². The van der Waals surface area contributed by atoms with Gasteiger partial charge in [0.2, 0.25) is 0 Å². The Morgan fingerprint density at radius 3 is 1.25 bits per heavy atom. The first-order valence-corrected chi connectivity index (χ1v) is 7.62. The fourth-order valence-corrected chi connectivity index (χ4v) is 2.50. The van der Waals surface area contributed by atoms with Crippen LogP contribution in [-0.4, -0.2) is 6.04 Å². The first kappa shape index (κ1) is 14.8. The molecule has 106 valence electrons. The van der Waals surface area contributed by atoms with Crippen LogP contribution in [0.5, 0.6) is 0 Å². The van der Waals surface area contributed by atoms with Crippen LogP contribution in [-0.2, 0) is 25.7 Å². The van der Waals surface area contributed by atoms with Crippen molar-refractivity contribution in [2.45, 2.75) is 45.6 Å². The highest BCUT2D eigenvalue weighted by Crippen LogP contribution is 2.11. The highest BCUT2D eigenvalue weighted by atomic mass is 14.6. The second-order valence-electron chi connectivity index (χ2n) is 5.51. The van der Waals surface area contributed by atoms with E-state index < -0.39 is 0 Å². The summed E-state index contributed by atoms with van der Waals surface area (Å²) in [6, 6.07) is 17.8. The Morgan fingerprint density at radius 2 is 0.950 bits per heavy atom. The molecule has 0 aliphatic heterocycles. The van der Waals surface area contributed by atoms with Crippen LogP contribution in [0.2, 0.25) is 0 Å². The van der Waals surface area contributed by atoms with Crippen molar-refractivity contribution >= 4 is 0 Å². The minimum atomic E-state index is 0.190. The molecule has 2 aromatic rings. The SMILES string of the molecule is CCc1ccc(CC(N)Cc2ccc(CC)cc2)cc1. The summed E-state index contributed by atoms with van der Waals surface area (Å²) < 4.78 is 0. The van der Waals surface area contributed by atoms with Crippen LogP contribution < -0.4 is 5.73 Å². The van der Waals surface area contributed by atoms with Gasteiger partial charge in [0.15, 0.2) is 0 Å². The summed E-state index contributed by atoms with van der Waals surface area (Å²) in [7, 11) is 0. The molecular weight excluding hydrogens is 242 g/mol. The molecule has 0 bridgehead atoms. The lowest BCUT2D eigenvalue weighted by Crippen LogP contribution is -2.25. The predicted molar refractivity (Wildman–Crippen MR) is 87.0 cm³/mol. The molecule has 0 aromatic heterocycles. The third-order valence-corrected chi connectivity index (χ3v) is 3.86. The Kier molecular flexibility index (Phi) is 5.37. The maximum Gasteiger partial charge on any atom is 0.0120 e. The van der Waals surface area contributed by atoms with Gasteiger partial charge in [-0.15, -0.1) is 0 Å². The lowest BCUT2D eigenvalue weighted by molar-refractivity contribution is 0.664. The molecule has 0 fully saturated rings. The van der Waals surface area contributed by atoms with Crippen LogP contribution in [0, 0.1) is 0 Å². The van der Waals surface area contributed by atoms with Gasteiger partial charge >= 0.3 is 0 Å². The van der Waals surface area contributed by atoms with Crippen molar-refractivity contribution < 1.29 is 0 Å². The predicted octanol–water partition coefficient (Wildman–Crippen LogP) is 3.92. The van der Waals surface area contributed by atoms with Gasteiger partial charge in [0.25, 0.3) is 0 Å². The molecule has 2 N–H and O–H groups in total. The van der Waals surface area contributed by atoms with Crippen molar-refractivity contribution in [1.29, 1.82) is 0 Å². The number of hydrogen-bond acceptors (Lipinski definition) is 1. The zero-order valence-corrected chi connectivity index (χ0v) is 12.6. The van der Waals surface area contributed by atoms with E-state index in [1.807, 2.05) is 0 Å². The highest BCUT2D eigenvalue weighted by molar-refractivity contribution is 5.25. The largest absolute Gasteiger partial charge is 0.327 e. The molecule has 0 aliphatic rings. The molecular formula is C19H25N. The summed E-state index contributed by atoms with van der Waals surface area (Å²) >= 11 is 0. The van der Waals surface area contributed by atoms with Gasteiger partial charge in [-0.25, -0.2) is 0 Å². The first-order chi connectivity index (χ1) is 9.71. The third kappa shape index (κ3) is 4.21. The minimum absolute atomic E-state index is 0.190. The van der Waals surface area contributed by atoms with E-state index in [-0.39, 0.29) is 6.04 Å². The van der Waals surface area contributed by atoms with E-state index in [1.165, 1.54) is 22.3 Å². The second-order valence-corrected chi connectivity index (χ2v) is 5.51. The second kappa shape index (κ2) is 7.25. The average Bonchev–Trinajstić information content (AvgIpc) is 2.49. The Morgan fingerprint density at radius 1 is 0.650 bits per heavy atom. The molecule has 0 radical (unpaired) electrons. The molecule has 0 saturated carbocycles. The third-order valence-electron chi connectivity index (χ3n) is 3.86. The van der Waals surface area contributed by atoms with Gasteiger partial charge in [0.1, 0.15) is 0 Å². The Balaban J connectivity index is 1.91. The standard InChI is InChI=1S/C19H25N/c1-3-15-5-9-17(10-6-15)13-19(20)14-18-11-7-16(4-2)8-12-18/h5-12,19H,3-4,13-14,20H2,1-2H3. The summed E-state index contributed by atoms with van der Waals surface area (Å²) in [4.78, 5) is 0. The molecule has 0 saturated heterocycles. The van der Waals surface area contributed by atoms with Crippen molar-refractivity contribution in [3.63, 3.8) is 0 Å². The Bertz CT molecular complexity index is 461. The van der Waals surface area contributed by atoms with Gasteiger partial charge < -0.3 is 5.73 Å². The van der Waals surface area contributed by atoms with Crippen LogP contribution in [0.4, 0.5) is 0 Å². The summed E-state index contributed by atoms with van der Waals surface area (Å²) in [6.07, 6.45) is 4.07. The fourth-order valence-electron chi connectivity index (χ4n) is 2.50. The molecule has 2 aromatic carbocycles. The number of hydrogen-bond donors (Lipinski definition) is 1. The summed E-state index contributed by atoms with van der Waals surface area (Å²) in [5.41, 5.74) is 11.7. The van der Waals surface area contributed by atoms with Crippen LogP contribution in [0.1, 0.15) is 36.1 Å². The lowest BCUT2D eigenvalue weighted by atomic mass is 9.98. The minimum Gasteiger partial charge on any atom is -0.327 e. The quantitative estimate of drug-likeness (QED) is 0.843. The molecule has 0 heterocycles. The normalized spacial score (nSPS) is 11.0. The average molecular weight is 267 g/mol. The van der Waals surface area contributed by atoms with Crippen LogP contribution in [0.25, 0.3) is 0 Å². The van der Waals surface area contributed by atoms with Crippen molar-refractivity contribution in [3.8, 4) is 0 Å². The molecule has 2 rings (SSSR count). The molecule has 20 heavy (non-hydrogen) atoms. The van der Waals surface area contributed by atoms with E-state index in [0.29, 0.717) is 0 Å². The molecule has 0 spiro atoms. The zero-order chi connectivity index (χ0) is 14.4. The van der Waals surface area contributed by atoms with Crippen molar-refractivity contribution in [3.05, 3.63) is 70.8 Å². The van der Waals surface area contributed by atoms with Crippen LogP contribution in [0.15, 0.2) is 48.5 Å². The maximum absolute atomic E-state index is 6.28. The summed E-state index contributed by atoms with van der Waals surface area (Å²) in [5.74, 6) is 0. The molecule has 0 amide bonds. The van der Waals surface area contributed by atoms with E-state index in [9.17, 15) is 0 Å². The first-order valence-electron chi connectivity index (χ1n) is 7.62.